The number of halogens is 1. The Labute approximate surface area is 92.0 Å². The van der Waals surface area contributed by atoms with Crippen LogP contribution >= 0.6 is 11.6 Å². The average molecular weight is 221 g/mol. The Morgan fingerprint density at radius 2 is 2.07 bits per heavy atom. The van der Waals surface area contributed by atoms with E-state index < -0.39 is 0 Å². The van der Waals surface area contributed by atoms with Crippen LogP contribution in [-0.2, 0) is 0 Å². The van der Waals surface area contributed by atoms with Crippen molar-refractivity contribution in [2.75, 3.05) is 0 Å². The molecule has 0 radical (unpaired) electrons. The van der Waals surface area contributed by atoms with Crippen LogP contribution in [0.1, 0.15) is 5.69 Å². The van der Waals surface area contributed by atoms with E-state index >= 15 is 0 Å². The van der Waals surface area contributed by atoms with Crippen molar-refractivity contribution in [1.29, 1.82) is 0 Å². The molecule has 76 valence electrons. The minimum absolute atomic E-state index is 0.0790. The van der Waals surface area contributed by atoms with Crippen LogP contribution in [-0.4, -0.2) is 9.55 Å². The standard InChI is InChI=1S/C11H9ClN2O/c1-8-9(5-6-10(12)13-8)14-7-3-2-4-11(14)15/h2-7H,1H3. The zero-order chi connectivity index (χ0) is 10.8. The molecular formula is C11H9ClN2O. The van der Waals surface area contributed by atoms with Crippen molar-refractivity contribution in [2.24, 2.45) is 0 Å². The molecule has 0 aliphatic heterocycles. The van der Waals surface area contributed by atoms with Crippen LogP contribution in [0.2, 0.25) is 5.15 Å². The second-order valence-corrected chi connectivity index (χ2v) is 3.53. The molecular weight excluding hydrogens is 212 g/mol. The fraction of sp³-hybridized carbons (Fsp3) is 0.0909. The molecule has 0 fully saturated rings. The van der Waals surface area contributed by atoms with Crippen LogP contribution in [0.5, 0.6) is 0 Å². The summed E-state index contributed by atoms with van der Waals surface area (Å²) in [5, 5.41) is 0.431. The molecule has 15 heavy (non-hydrogen) atoms. The second-order valence-electron chi connectivity index (χ2n) is 3.15. The zero-order valence-corrected chi connectivity index (χ0v) is 8.90. The van der Waals surface area contributed by atoms with E-state index in [0.717, 1.165) is 11.4 Å². The molecule has 0 saturated carbocycles. The highest BCUT2D eigenvalue weighted by Crippen LogP contribution is 2.13. The lowest BCUT2D eigenvalue weighted by molar-refractivity contribution is 0.957. The highest BCUT2D eigenvalue weighted by atomic mass is 35.5. The lowest BCUT2D eigenvalue weighted by Gasteiger charge is -2.07. The molecule has 0 atom stereocenters. The number of rotatable bonds is 1. The summed E-state index contributed by atoms with van der Waals surface area (Å²) in [6, 6.07) is 8.47. The van der Waals surface area contributed by atoms with Gasteiger partial charge >= 0.3 is 0 Å². The van der Waals surface area contributed by atoms with Gasteiger partial charge in [0, 0.05) is 12.3 Å². The maximum atomic E-state index is 11.6. The molecule has 0 N–H and O–H groups in total. The minimum Gasteiger partial charge on any atom is -0.282 e. The number of pyridine rings is 2. The van der Waals surface area contributed by atoms with Crippen molar-refractivity contribution in [3.63, 3.8) is 0 Å². The molecule has 0 spiro atoms. The van der Waals surface area contributed by atoms with Crippen molar-refractivity contribution in [1.82, 2.24) is 9.55 Å². The molecule has 0 aliphatic carbocycles. The van der Waals surface area contributed by atoms with E-state index in [-0.39, 0.29) is 5.56 Å². The van der Waals surface area contributed by atoms with Gasteiger partial charge in [-0.25, -0.2) is 4.98 Å². The SMILES string of the molecule is Cc1nc(Cl)ccc1-n1ccccc1=O. The molecule has 0 aliphatic rings. The van der Waals surface area contributed by atoms with Crippen LogP contribution < -0.4 is 5.56 Å². The largest absolute Gasteiger partial charge is 0.282 e. The quantitative estimate of drug-likeness (QED) is 0.691. The van der Waals surface area contributed by atoms with E-state index in [0.29, 0.717) is 5.15 Å². The first kappa shape index (κ1) is 9.93. The molecule has 0 bridgehead atoms. The van der Waals surface area contributed by atoms with Crippen molar-refractivity contribution >= 4 is 11.6 Å². The Balaban J connectivity index is 2.65. The average Bonchev–Trinajstić information content (AvgIpc) is 2.20. The first-order valence-corrected chi connectivity index (χ1v) is 4.87. The van der Waals surface area contributed by atoms with Gasteiger partial charge in [0.05, 0.1) is 11.4 Å². The van der Waals surface area contributed by atoms with Gasteiger partial charge in [0.2, 0.25) is 0 Å². The van der Waals surface area contributed by atoms with E-state index in [1.54, 1.807) is 35.0 Å². The van der Waals surface area contributed by atoms with Gasteiger partial charge in [-0.05, 0) is 25.1 Å². The topological polar surface area (TPSA) is 34.9 Å². The molecule has 2 aromatic rings. The summed E-state index contributed by atoms with van der Waals surface area (Å²) in [5.41, 5.74) is 1.41. The van der Waals surface area contributed by atoms with Gasteiger partial charge in [0.1, 0.15) is 5.15 Å². The number of aryl methyl sites for hydroxylation is 1. The van der Waals surface area contributed by atoms with E-state index in [1.807, 2.05) is 6.92 Å². The Bertz CT molecular complexity index is 548. The summed E-state index contributed by atoms with van der Waals surface area (Å²) >= 11 is 5.75. The van der Waals surface area contributed by atoms with Crippen LogP contribution in [0.4, 0.5) is 0 Å². The molecule has 0 aromatic carbocycles. The van der Waals surface area contributed by atoms with Gasteiger partial charge in [-0.2, -0.15) is 0 Å². The highest BCUT2D eigenvalue weighted by Gasteiger charge is 2.03. The van der Waals surface area contributed by atoms with Crippen LogP contribution in [0, 0.1) is 6.92 Å². The summed E-state index contributed by atoms with van der Waals surface area (Å²) in [7, 11) is 0. The van der Waals surface area contributed by atoms with Crippen LogP contribution in [0.25, 0.3) is 5.69 Å². The molecule has 2 aromatic heterocycles. The van der Waals surface area contributed by atoms with E-state index in [2.05, 4.69) is 4.98 Å². The molecule has 0 unspecified atom stereocenters. The van der Waals surface area contributed by atoms with E-state index in [4.69, 9.17) is 11.6 Å². The Morgan fingerprint density at radius 1 is 1.27 bits per heavy atom. The van der Waals surface area contributed by atoms with E-state index in [9.17, 15) is 4.79 Å². The molecule has 4 heteroatoms. The molecule has 2 rings (SSSR count). The fourth-order valence-corrected chi connectivity index (χ4v) is 1.59. The first-order valence-electron chi connectivity index (χ1n) is 4.50. The summed E-state index contributed by atoms with van der Waals surface area (Å²) < 4.78 is 1.54. The van der Waals surface area contributed by atoms with E-state index in [1.165, 1.54) is 6.07 Å². The van der Waals surface area contributed by atoms with Crippen molar-refractivity contribution in [3.05, 3.63) is 57.7 Å². The normalized spacial score (nSPS) is 10.3. The van der Waals surface area contributed by atoms with Gasteiger partial charge in [0.15, 0.2) is 0 Å². The summed E-state index contributed by atoms with van der Waals surface area (Å²) in [6.07, 6.45) is 1.71. The lowest BCUT2D eigenvalue weighted by atomic mass is 10.3. The minimum atomic E-state index is -0.0790. The monoisotopic (exact) mass is 220 g/mol. The van der Waals surface area contributed by atoms with Crippen molar-refractivity contribution < 1.29 is 0 Å². The van der Waals surface area contributed by atoms with Crippen LogP contribution in [0.3, 0.4) is 0 Å². The number of nitrogens with zero attached hydrogens (tertiary/aromatic N) is 2. The molecule has 3 nitrogen and oxygen atoms in total. The number of aromatic nitrogens is 2. The van der Waals surface area contributed by atoms with Crippen LogP contribution in [0.15, 0.2) is 41.3 Å². The van der Waals surface area contributed by atoms with Gasteiger partial charge in [-0.1, -0.05) is 17.7 Å². The van der Waals surface area contributed by atoms with Gasteiger partial charge < -0.3 is 0 Å². The first-order chi connectivity index (χ1) is 7.18. The van der Waals surface area contributed by atoms with Gasteiger partial charge in [-0.3, -0.25) is 9.36 Å². The summed E-state index contributed by atoms with van der Waals surface area (Å²) in [6.45, 7) is 1.82. The third kappa shape index (κ3) is 1.92. The Hall–Kier alpha value is -1.61. The smallest absolute Gasteiger partial charge is 0.255 e. The third-order valence-corrected chi connectivity index (χ3v) is 2.32. The van der Waals surface area contributed by atoms with Crippen molar-refractivity contribution in [3.8, 4) is 5.69 Å². The zero-order valence-electron chi connectivity index (χ0n) is 8.14. The van der Waals surface area contributed by atoms with Crippen molar-refractivity contribution in [2.45, 2.75) is 6.92 Å². The Kier molecular flexibility index (Phi) is 2.56. The predicted molar refractivity (Wildman–Crippen MR) is 59.6 cm³/mol. The Morgan fingerprint density at radius 3 is 2.73 bits per heavy atom. The molecule has 0 saturated heterocycles. The fourth-order valence-electron chi connectivity index (χ4n) is 1.40. The lowest BCUT2D eigenvalue weighted by Crippen LogP contribution is -2.16. The third-order valence-electron chi connectivity index (χ3n) is 2.11. The van der Waals surface area contributed by atoms with Gasteiger partial charge in [-0.15, -0.1) is 0 Å². The predicted octanol–water partition coefficient (Wildman–Crippen LogP) is 2.19. The number of hydrogen-bond acceptors (Lipinski definition) is 2. The van der Waals surface area contributed by atoms with Gasteiger partial charge in [0.25, 0.3) is 5.56 Å². The summed E-state index contributed by atoms with van der Waals surface area (Å²) in [4.78, 5) is 15.7. The maximum absolute atomic E-state index is 11.6. The molecule has 2 heterocycles. The second kappa shape index (κ2) is 3.87. The maximum Gasteiger partial charge on any atom is 0.255 e. The highest BCUT2D eigenvalue weighted by molar-refractivity contribution is 6.29. The summed E-state index contributed by atoms with van der Waals surface area (Å²) in [5.74, 6) is 0. The molecule has 0 amide bonds. The number of hydrogen-bond donors (Lipinski definition) is 0.